The van der Waals surface area contributed by atoms with E-state index in [-0.39, 0.29) is 37.7 Å². The fourth-order valence-corrected chi connectivity index (χ4v) is 10.4. The molecule has 0 heterocycles. The minimum absolute atomic E-state index is 0.0378. The lowest BCUT2D eigenvalue weighted by Gasteiger charge is -2.38. The number of aliphatic hydroxyl groups is 2. The molecular formula is C54H84O7. The van der Waals surface area contributed by atoms with Gasteiger partial charge in [0.25, 0.3) is 0 Å². The molecule has 7 heteroatoms. The molecule has 2 fully saturated rings. The highest BCUT2D eigenvalue weighted by atomic mass is 16.5. The van der Waals surface area contributed by atoms with Crippen molar-refractivity contribution in [3.63, 3.8) is 0 Å². The number of hydrogen-bond acceptors (Lipinski definition) is 7. The van der Waals surface area contributed by atoms with Crippen molar-refractivity contribution in [3.05, 3.63) is 76.6 Å². The first kappa shape index (κ1) is 50.5. The molecule has 2 saturated carbocycles. The summed E-state index contributed by atoms with van der Waals surface area (Å²) in [6.45, 7) is 18.3. The second-order valence-corrected chi connectivity index (χ2v) is 19.2. The number of benzene rings is 1. The molecule has 0 aromatic heterocycles. The van der Waals surface area contributed by atoms with Crippen LogP contribution in [0, 0.1) is 29.1 Å². The third kappa shape index (κ3) is 15.6. The van der Waals surface area contributed by atoms with Gasteiger partial charge < -0.3 is 24.4 Å². The van der Waals surface area contributed by atoms with E-state index in [2.05, 4.69) is 58.2 Å². The summed E-state index contributed by atoms with van der Waals surface area (Å²) in [6.07, 6.45) is 26.6. The predicted molar refractivity (Wildman–Crippen MR) is 250 cm³/mol. The van der Waals surface area contributed by atoms with E-state index in [1.165, 1.54) is 99.3 Å². The molecule has 0 spiro atoms. The van der Waals surface area contributed by atoms with Gasteiger partial charge in [0.15, 0.2) is 0 Å². The predicted octanol–water partition coefficient (Wildman–Crippen LogP) is 12.9. The number of esters is 2. The molecule has 0 saturated heterocycles. The monoisotopic (exact) mass is 845 g/mol. The van der Waals surface area contributed by atoms with Gasteiger partial charge in [-0.05, 0) is 155 Å². The molecule has 2 N–H and O–H groups in total. The molecule has 1 unspecified atom stereocenters. The maximum Gasteiger partial charge on any atom is 0.333 e. The molecule has 1 atom stereocenters. The maximum absolute atomic E-state index is 12.3. The molecule has 0 bridgehead atoms. The van der Waals surface area contributed by atoms with Gasteiger partial charge in [0.2, 0.25) is 0 Å². The Labute approximate surface area is 370 Å². The third-order valence-corrected chi connectivity index (χ3v) is 14.4. The number of aryl methyl sites for hydroxylation is 1. The van der Waals surface area contributed by atoms with Gasteiger partial charge in [0.05, 0.1) is 33.0 Å². The quantitative estimate of drug-likeness (QED) is 0.0516. The van der Waals surface area contributed by atoms with Gasteiger partial charge in [-0.25, -0.2) is 9.59 Å². The Kier molecular flexibility index (Phi) is 21.9. The molecule has 4 rings (SSSR count). The summed E-state index contributed by atoms with van der Waals surface area (Å²) in [5, 5.41) is 20.8. The normalized spacial score (nSPS) is 22.1. The fraction of sp³-hybridized carbons (Fsp3) is 0.704. The van der Waals surface area contributed by atoms with E-state index in [1.54, 1.807) is 13.8 Å². The summed E-state index contributed by atoms with van der Waals surface area (Å²) in [5.41, 5.74) is 6.71. The maximum atomic E-state index is 12.3. The van der Waals surface area contributed by atoms with Crippen molar-refractivity contribution >= 4 is 17.5 Å². The molecular weight excluding hydrogens is 761 g/mol. The van der Waals surface area contributed by atoms with Crippen LogP contribution in [0.4, 0.5) is 0 Å². The first-order valence-corrected chi connectivity index (χ1v) is 24.5. The molecule has 1 aromatic rings. The van der Waals surface area contributed by atoms with Crippen LogP contribution < -0.4 is 0 Å². The van der Waals surface area contributed by atoms with E-state index in [0.29, 0.717) is 56.0 Å². The first-order chi connectivity index (χ1) is 29.5. The minimum atomic E-state index is -0.598. The molecule has 0 radical (unpaired) electrons. The van der Waals surface area contributed by atoms with Gasteiger partial charge in [-0.15, -0.1) is 0 Å². The van der Waals surface area contributed by atoms with Gasteiger partial charge in [-0.3, -0.25) is 0 Å². The summed E-state index contributed by atoms with van der Waals surface area (Å²) in [6, 6.07) is 7.28. The van der Waals surface area contributed by atoms with Gasteiger partial charge in [0, 0.05) is 22.5 Å². The van der Waals surface area contributed by atoms with Crippen LogP contribution in [0.5, 0.6) is 0 Å². The Bertz CT molecular complexity index is 1600. The van der Waals surface area contributed by atoms with Crippen molar-refractivity contribution in [2.45, 2.75) is 182 Å². The highest BCUT2D eigenvalue weighted by molar-refractivity contribution is 5.87. The standard InChI is InChI=1S/C54H84O7/c1-8-11-13-16-41-19-21-43(22-20-41)44-23-25-45(26-24-44)46-27-28-50(42(10-3)34-46)49-35-47(17-14-31-60-52(57)39(4)5)51(48(36-49)18-15-32-61-53(58)40(6)7)59-33-30-54(37-55,38-56)29-12-9-2/h27-28,34-35,41,43-45,48,55-56H,4,6,8-26,29-33,36-38H2,1-3,5,7H3. The molecule has 342 valence electrons. The number of carbonyl (C=O) groups is 2. The zero-order valence-electron chi connectivity index (χ0n) is 39.1. The average Bonchev–Trinajstić information content (AvgIpc) is 3.28. The van der Waals surface area contributed by atoms with Crippen LogP contribution in [-0.2, 0) is 30.2 Å². The third-order valence-electron chi connectivity index (χ3n) is 14.4. The van der Waals surface area contributed by atoms with Crippen LogP contribution in [0.15, 0.2) is 59.9 Å². The number of ether oxygens (including phenoxy) is 3. The molecule has 0 aliphatic heterocycles. The summed E-state index contributed by atoms with van der Waals surface area (Å²) in [7, 11) is 0. The zero-order chi connectivity index (χ0) is 44.2. The Morgan fingerprint density at radius 2 is 1.36 bits per heavy atom. The molecule has 7 nitrogen and oxygen atoms in total. The van der Waals surface area contributed by atoms with Crippen LogP contribution in [0.25, 0.3) is 5.57 Å². The molecule has 0 amide bonds. The van der Waals surface area contributed by atoms with Gasteiger partial charge in [-0.2, -0.15) is 0 Å². The van der Waals surface area contributed by atoms with Crippen molar-refractivity contribution in [2.24, 2.45) is 29.1 Å². The summed E-state index contributed by atoms with van der Waals surface area (Å²) in [4.78, 5) is 24.5. The van der Waals surface area contributed by atoms with Crippen LogP contribution in [0.1, 0.15) is 192 Å². The van der Waals surface area contributed by atoms with E-state index in [1.807, 2.05) is 0 Å². The zero-order valence-corrected chi connectivity index (χ0v) is 39.1. The Balaban J connectivity index is 1.56. The molecule has 1 aromatic carbocycles. The van der Waals surface area contributed by atoms with Crippen LogP contribution in [-0.4, -0.2) is 55.2 Å². The van der Waals surface area contributed by atoms with E-state index in [9.17, 15) is 19.8 Å². The number of carbonyl (C=O) groups excluding carboxylic acids is 2. The lowest BCUT2D eigenvalue weighted by Crippen LogP contribution is -2.31. The number of hydrogen-bond donors (Lipinski definition) is 2. The topological polar surface area (TPSA) is 102 Å². The Morgan fingerprint density at radius 3 is 1.95 bits per heavy atom. The van der Waals surface area contributed by atoms with Crippen LogP contribution >= 0.6 is 0 Å². The summed E-state index contributed by atoms with van der Waals surface area (Å²) < 4.78 is 17.8. The second kappa shape index (κ2) is 26.5. The van der Waals surface area contributed by atoms with Crippen LogP contribution in [0.3, 0.4) is 0 Å². The van der Waals surface area contributed by atoms with Gasteiger partial charge in [-0.1, -0.05) is 110 Å². The largest absolute Gasteiger partial charge is 0.497 e. The highest BCUT2D eigenvalue weighted by Gasteiger charge is 2.33. The lowest BCUT2D eigenvalue weighted by molar-refractivity contribution is -0.139. The van der Waals surface area contributed by atoms with E-state index in [0.717, 1.165) is 67.6 Å². The number of allylic oxidation sites excluding steroid dienone is 4. The van der Waals surface area contributed by atoms with E-state index in [4.69, 9.17) is 14.2 Å². The fourth-order valence-electron chi connectivity index (χ4n) is 10.4. The molecule has 3 aliphatic carbocycles. The van der Waals surface area contributed by atoms with E-state index < -0.39 is 5.41 Å². The van der Waals surface area contributed by atoms with Crippen molar-refractivity contribution < 1.29 is 34.0 Å². The van der Waals surface area contributed by atoms with Crippen molar-refractivity contribution in [1.82, 2.24) is 0 Å². The molecule has 3 aliphatic rings. The highest BCUT2D eigenvalue weighted by Crippen LogP contribution is 2.46. The smallest absolute Gasteiger partial charge is 0.333 e. The Hall–Kier alpha value is -3.16. The number of aliphatic hydroxyl groups excluding tert-OH is 2. The van der Waals surface area contributed by atoms with Crippen molar-refractivity contribution in [1.29, 1.82) is 0 Å². The first-order valence-electron chi connectivity index (χ1n) is 24.5. The Morgan fingerprint density at radius 1 is 0.738 bits per heavy atom. The number of rotatable bonds is 27. The summed E-state index contributed by atoms with van der Waals surface area (Å²) >= 11 is 0. The van der Waals surface area contributed by atoms with Gasteiger partial charge >= 0.3 is 11.9 Å². The van der Waals surface area contributed by atoms with Crippen molar-refractivity contribution in [3.8, 4) is 0 Å². The minimum Gasteiger partial charge on any atom is -0.497 e. The molecule has 61 heavy (non-hydrogen) atoms. The van der Waals surface area contributed by atoms with E-state index >= 15 is 0 Å². The SMILES string of the molecule is C=C(C)C(=O)OCCCC1=C(OCCC(CO)(CO)CCCC)C(CCCOC(=O)C(=C)C)CC(c2ccc(C3CCC(C4CCC(CCCCC)CC4)CC3)cc2CC)=C1. The van der Waals surface area contributed by atoms with Crippen LogP contribution in [0.2, 0.25) is 0 Å². The lowest BCUT2D eigenvalue weighted by atomic mass is 9.67. The van der Waals surface area contributed by atoms with Gasteiger partial charge in [0.1, 0.15) is 5.76 Å². The average molecular weight is 845 g/mol. The second-order valence-electron chi connectivity index (χ2n) is 19.2. The van der Waals surface area contributed by atoms with Crippen molar-refractivity contribution in [2.75, 3.05) is 33.0 Å². The summed E-state index contributed by atoms with van der Waals surface area (Å²) in [5.74, 6) is 3.62. The number of unbranched alkanes of at least 4 members (excludes halogenated alkanes) is 3.